The predicted molar refractivity (Wildman–Crippen MR) is 115 cm³/mol. The number of benzene rings is 2. The van der Waals surface area contributed by atoms with Gasteiger partial charge < -0.3 is 9.79 Å². The summed E-state index contributed by atoms with van der Waals surface area (Å²) in [7, 11) is -4.31. The molecule has 0 atom stereocenters. The van der Waals surface area contributed by atoms with Crippen molar-refractivity contribution in [2.24, 2.45) is 0 Å². The Morgan fingerprint density at radius 1 is 0.786 bits per heavy atom. The molecule has 0 aromatic heterocycles. The Labute approximate surface area is 169 Å². The van der Waals surface area contributed by atoms with E-state index in [9.17, 15) is 4.57 Å². The van der Waals surface area contributed by atoms with Crippen molar-refractivity contribution in [3.63, 3.8) is 0 Å². The molecule has 0 amide bonds. The van der Waals surface area contributed by atoms with Crippen LogP contribution in [0, 0.1) is 13.8 Å². The van der Waals surface area contributed by atoms with Crippen molar-refractivity contribution in [2.75, 3.05) is 6.61 Å². The van der Waals surface area contributed by atoms with Gasteiger partial charge in [-0.15, -0.1) is 0 Å². The summed E-state index contributed by atoms with van der Waals surface area (Å²) in [4.78, 5) is 17.3. The van der Waals surface area contributed by atoms with Crippen molar-refractivity contribution in [1.82, 2.24) is 0 Å². The molecule has 0 bridgehead atoms. The molecule has 2 aromatic rings. The van der Waals surface area contributed by atoms with Crippen LogP contribution in [0.2, 0.25) is 0 Å². The number of hydrogen-bond acceptors (Lipinski definition) is 2. The van der Waals surface area contributed by atoms with Crippen molar-refractivity contribution < 1.29 is 18.9 Å². The lowest BCUT2D eigenvalue weighted by atomic mass is 9.82. The van der Waals surface area contributed by atoms with Crippen LogP contribution < -0.4 is 0 Å². The van der Waals surface area contributed by atoms with Gasteiger partial charge in [-0.25, -0.2) is 4.57 Å². The highest BCUT2D eigenvalue weighted by atomic mass is 31.2. The molecule has 2 rings (SSSR count). The fourth-order valence-electron chi connectivity index (χ4n) is 3.78. The number of hydrogen-bond donors (Lipinski definition) is 2. The van der Waals surface area contributed by atoms with Crippen LogP contribution in [0.5, 0.6) is 0 Å². The Hall–Kier alpha value is -1.45. The van der Waals surface area contributed by atoms with Gasteiger partial charge in [0, 0.05) is 5.92 Å². The lowest BCUT2D eigenvalue weighted by molar-refractivity contribution is 0.193. The van der Waals surface area contributed by atoms with Gasteiger partial charge in [0.1, 0.15) is 0 Å². The first-order valence-corrected chi connectivity index (χ1v) is 11.7. The van der Waals surface area contributed by atoms with E-state index in [2.05, 4.69) is 66.9 Å². The second-order valence-electron chi connectivity index (χ2n) is 7.50. The smallest absolute Gasteiger partial charge is 0.303 e. The molecule has 0 aliphatic carbocycles. The molecule has 0 aliphatic rings. The number of unbranched alkanes of at least 4 members (excludes halogenated alkanes) is 5. The molecule has 0 heterocycles. The number of aryl methyl sites for hydroxylation is 2. The second kappa shape index (κ2) is 11.5. The fraction of sp³-hybridized carbons (Fsp3) is 0.478. The fourth-order valence-corrected chi connectivity index (χ4v) is 4.14. The van der Waals surface area contributed by atoms with Gasteiger partial charge >= 0.3 is 7.82 Å². The molecule has 0 radical (unpaired) electrons. The minimum Gasteiger partial charge on any atom is -0.303 e. The average Bonchev–Trinajstić information content (AvgIpc) is 2.64. The molecule has 154 valence electrons. The third-order valence-corrected chi connectivity index (χ3v) is 5.79. The van der Waals surface area contributed by atoms with E-state index >= 15 is 0 Å². The lowest BCUT2D eigenvalue weighted by Crippen LogP contribution is -2.05. The van der Waals surface area contributed by atoms with Crippen LogP contribution in [0.3, 0.4) is 0 Å². The highest BCUT2D eigenvalue weighted by Gasteiger charge is 2.17. The summed E-state index contributed by atoms with van der Waals surface area (Å²) in [5.74, 6) is 0.430. The van der Waals surface area contributed by atoms with Crippen molar-refractivity contribution in [2.45, 2.75) is 64.7 Å². The third kappa shape index (κ3) is 7.89. The molecule has 0 spiro atoms. The molecule has 4 nitrogen and oxygen atoms in total. The van der Waals surface area contributed by atoms with Crippen LogP contribution in [-0.2, 0) is 9.09 Å². The van der Waals surface area contributed by atoms with E-state index in [0.29, 0.717) is 12.3 Å². The number of rotatable bonds is 12. The first-order valence-electron chi connectivity index (χ1n) is 10.2. The molecule has 0 saturated heterocycles. The Morgan fingerprint density at radius 3 is 1.75 bits per heavy atom. The summed E-state index contributed by atoms with van der Waals surface area (Å²) in [6.45, 7) is 4.52. The summed E-state index contributed by atoms with van der Waals surface area (Å²) in [6, 6.07) is 17.4. The standard InChI is InChI=1S/C23H33O4P/c1-19-13-8-10-15-21(19)23(22-16-11-9-14-20(22)2)17-7-5-3-4-6-12-18-27-28(24,25)26/h8-11,13-16,23H,3-7,12,17-18H2,1-2H3,(H2,24,25,26). The van der Waals surface area contributed by atoms with Crippen LogP contribution in [-0.4, -0.2) is 16.4 Å². The molecular weight excluding hydrogens is 371 g/mol. The van der Waals surface area contributed by atoms with Crippen LogP contribution in [0.1, 0.15) is 73.1 Å². The highest BCUT2D eigenvalue weighted by Crippen LogP contribution is 2.36. The predicted octanol–water partition coefficient (Wildman–Crippen LogP) is 6.28. The minimum atomic E-state index is -4.31. The van der Waals surface area contributed by atoms with Gasteiger partial charge in [0.25, 0.3) is 0 Å². The van der Waals surface area contributed by atoms with E-state index in [1.165, 1.54) is 35.1 Å². The summed E-state index contributed by atoms with van der Waals surface area (Å²) >= 11 is 0. The Balaban J connectivity index is 1.82. The molecular formula is C23H33O4P. The zero-order valence-electron chi connectivity index (χ0n) is 17.0. The van der Waals surface area contributed by atoms with E-state index in [1.807, 2.05) is 0 Å². The third-order valence-electron chi connectivity index (χ3n) is 5.27. The van der Waals surface area contributed by atoms with Crippen molar-refractivity contribution in [1.29, 1.82) is 0 Å². The average molecular weight is 404 g/mol. The molecule has 28 heavy (non-hydrogen) atoms. The van der Waals surface area contributed by atoms with E-state index < -0.39 is 7.82 Å². The van der Waals surface area contributed by atoms with Gasteiger partial charge in [0.05, 0.1) is 6.61 Å². The van der Waals surface area contributed by atoms with Gasteiger partial charge in [-0.1, -0.05) is 80.6 Å². The normalized spacial score (nSPS) is 11.9. The van der Waals surface area contributed by atoms with E-state index in [4.69, 9.17) is 9.79 Å². The van der Waals surface area contributed by atoms with E-state index in [-0.39, 0.29) is 6.61 Å². The summed E-state index contributed by atoms with van der Waals surface area (Å²) in [6.07, 6.45) is 7.34. The maximum absolute atomic E-state index is 10.6. The van der Waals surface area contributed by atoms with E-state index in [0.717, 1.165) is 25.7 Å². The topological polar surface area (TPSA) is 66.8 Å². The first kappa shape index (κ1) is 22.8. The maximum atomic E-state index is 10.6. The van der Waals surface area contributed by atoms with Crippen molar-refractivity contribution in [3.05, 3.63) is 70.8 Å². The molecule has 2 aromatic carbocycles. The Bertz CT molecular complexity index is 723. The van der Waals surface area contributed by atoms with Gasteiger partial charge in [0.2, 0.25) is 0 Å². The molecule has 0 unspecified atom stereocenters. The Kier molecular flexibility index (Phi) is 9.40. The second-order valence-corrected chi connectivity index (χ2v) is 8.74. The Morgan fingerprint density at radius 2 is 1.25 bits per heavy atom. The van der Waals surface area contributed by atoms with Crippen molar-refractivity contribution >= 4 is 7.82 Å². The first-order chi connectivity index (χ1) is 13.4. The van der Waals surface area contributed by atoms with Gasteiger partial charge in [0.15, 0.2) is 0 Å². The van der Waals surface area contributed by atoms with Crippen LogP contribution in [0.25, 0.3) is 0 Å². The van der Waals surface area contributed by atoms with Crippen LogP contribution >= 0.6 is 7.82 Å². The maximum Gasteiger partial charge on any atom is 0.469 e. The molecule has 0 saturated carbocycles. The van der Waals surface area contributed by atoms with Crippen LogP contribution in [0.15, 0.2) is 48.5 Å². The van der Waals surface area contributed by atoms with E-state index in [1.54, 1.807) is 0 Å². The van der Waals surface area contributed by atoms with Crippen molar-refractivity contribution in [3.8, 4) is 0 Å². The highest BCUT2D eigenvalue weighted by molar-refractivity contribution is 7.46. The molecule has 0 aliphatic heterocycles. The summed E-state index contributed by atoms with van der Waals surface area (Å²) < 4.78 is 15.1. The number of phosphoric ester groups is 1. The zero-order valence-corrected chi connectivity index (χ0v) is 17.9. The molecule has 0 fully saturated rings. The number of phosphoric acid groups is 1. The van der Waals surface area contributed by atoms with Crippen LogP contribution in [0.4, 0.5) is 0 Å². The lowest BCUT2D eigenvalue weighted by Gasteiger charge is -2.22. The van der Waals surface area contributed by atoms with Gasteiger partial charge in [-0.3, -0.25) is 4.52 Å². The minimum absolute atomic E-state index is 0.132. The van der Waals surface area contributed by atoms with Gasteiger partial charge in [-0.05, 0) is 48.9 Å². The summed E-state index contributed by atoms with van der Waals surface area (Å²) in [5.41, 5.74) is 5.54. The molecule has 5 heteroatoms. The monoisotopic (exact) mass is 404 g/mol. The quantitative estimate of drug-likeness (QED) is 0.323. The SMILES string of the molecule is Cc1ccccc1C(CCCCCCCCOP(=O)(O)O)c1ccccc1C. The van der Waals surface area contributed by atoms with Gasteiger partial charge in [-0.2, -0.15) is 0 Å². The summed E-state index contributed by atoms with van der Waals surface area (Å²) in [5, 5.41) is 0. The molecule has 2 N–H and O–H groups in total. The largest absolute Gasteiger partial charge is 0.469 e. The zero-order chi connectivity index (χ0) is 20.4.